The van der Waals surface area contributed by atoms with Crippen molar-refractivity contribution in [1.29, 1.82) is 0 Å². The van der Waals surface area contributed by atoms with E-state index in [0.29, 0.717) is 12.0 Å². The van der Waals surface area contributed by atoms with Crippen LogP contribution in [0.3, 0.4) is 0 Å². The van der Waals surface area contributed by atoms with Gasteiger partial charge in [0.2, 0.25) is 11.9 Å². The predicted octanol–water partition coefficient (Wildman–Crippen LogP) is 0.664. The average Bonchev–Trinajstić information content (AvgIpc) is 3.11. The first kappa shape index (κ1) is 11.8. The number of imidazole rings is 1. The number of nitrogens with one attached hydrogen (secondary N) is 1. The molecule has 1 aliphatic carbocycles. The molecular weight excluding hydrogens is 246 g/mol. The fourth-order valence-corrected chi connectivity index (χ4v) is 2.11. The van der Waals surface area contributed by atoms with Crippen molar-refractivity contribution in [2.75, 3.05) is 5.43 Å². The van der Waals surface area contributed by atoms with E-state index in [1.807, 2.05) is 0 Å². The van der Waals surface area contributed by atoms with Gasteiger partial charge in [0, 0.05) is 12.4 Å². The van der Waals surface area contributed by atoms with Gasteiger partial charge in [-0.3, -0.25) is 9.99 Å². The lowest BCUT2D eigenvalue weighted by Crippen LogP contribution is -2.17. The molecule has 3 N–H and O–H groups in total. The number of nitrogen functional groups attached to an aromatic ring is 1. The molecule has 0 unspecified atom stereocenters. The lowest BCUT2D eigenvalue weighted by molar-refractivity contribution is 0.192. The summed E-state index contributed by atoms with van der Waals surface area (Å²) in [4.78, 5) is 16.5. The predicted molar refractivity (Wildman–Crippen MR) is 67.6 cm³/mol. The standard InChI is InChI=1S/C11H15N7O/c12-17-9-14-10(18-6-5-13-7-18)16-11(15-9)19-8-3-1-2-4-8/h5-8H,1-4,12H2,(H,14,15,16,17). The molecule has 2 heterocycles. The average molecular weight is 261 g/mol. The molecule has 19 heavy (non-hydrogen) atoms. The van der Waals surface area contributed by atoms with E-state index < -0.39 is 0 Å². The van der Waals surface area contributed by atoms with Gasteiger partial charge in [-0.1, -0.05) is 0 Å². The van der Waals surface area contributed by atoms with Crippen LogP contribution in [0.4, 0.5) is 5.95 Å². The third kappa shape index (κ3) is 2.63. The van der Waals surface area contributed by atoms with Crippen molar-refractivity contribution in [3.05, 3.63) is 18.7 Å². The van der Waals surface area contributed by atoms with Gasteiger partial charge in [0.05, 0.1) is 0 Å². The fourth-order valence-electron chi connectivity index (χ4n) is 2.11. The molecule has 0 aliphatic heterocycles. The normalized spacial score (nSPS) is 15.6. The lowest BCUT2D eigenvalue weighted by atomic mass is 10.3. The Balaban J connectivity index is 1.88. The summed E-state index contributed by atoms with van der Waals surface area (Å²) in [5.41, 5.74) is 2.42. The van der Waals surface area contributed by atoms with Crippen molar-refractivity contribution < 1.29 is 4.74 Å². The highest BCUT2D eigenvalue weighted by atomic mass is 16.5. The molecule has 0 bridgehead atoms. The zero-order valence-corrected chi connectivity index (χ0v) is 10.4. The summed E-state index contributed by atoms with van der Waals surface area (Å²) in [5.74, 6) is 6.06. The fraction of sp³-hybridized carbons (Fsp3) is 0.455. The Hall–Kier alpha value is -2.22. The molecule has 1 aliphatic rings. The van der Waals surface area contributed by atoms with E-state index in [9.17, 15) is 0 Å². The minimum absolute atomic E-state index is 0.184. The molecule has 1 fully saturated rings. The quantitative estimate of drug-likeness (QED) is 0.615. The minimum Gasteiger partial charge on any atom is -0.460 e. The van der Waals surface area contributed by atoms with E-state index in [1.165, 1.54) is 12.8 Å². The van der Waals surface area contributed by atoms with E-state index in [1.54, 1.807) is 23.3 Å². The molecule has 1 saturated carbocycles. The molecule has 0 radical (unpaired) electrons. The first-order valence-electron chi connectivity index (χ1n) is 6.23. The molecule has 0 amide bonds. The summed E-state index contributed by atoms with van der Waals surface area (Å²) >= 11 is 0. The van der Waals surface area contributed by atoms with E-state index in [4.69, 9.17) is 10.6 Å². The van der Waals surface area contributed by atoms with E-state index in [0.717, 1.165) is 12.8 Å². The number of hydrogen-bond donors (Lipinski definition) is 2. The summed E-state index contributed by atoms with van der Waals surface area (Å²) < 4.78 is 7.44. The second kappa shape index (κ2) is 5.19. The first-order valence-corrected chi connectivity index (χ1v) is 6.23. The molecule has 0 spiro atoms. The van der Waals surface area contributed by atoms with Crippen molar-refractivity contribution in [3.63, 3.8) is 0 Å². The van der Waals surface area contributed by atoms with Crippen molar-refractivity contribution in [1.82, 2.24) is 24.5 Å². The molecule has 2 aromatic heterocycles. The summed E-state index contributed by atoms with van der Waals surface area (Å²) in [6, 6.07) is 0.290. The van der Waals surface area contributed by atoms with Gasteiger partial charge in [0.1, 0.15) is 12.4 Å². The van der Waals surface area contributed by atoms with E-state index in [-0.39, 0.29) is 12.1 Å². The molecule has 8 nitrogen and oxygen atoms in total. The highest BCUT2D eigenvalue weighted by molar-refractivity contribution is 5.28. The molecule has 8 heteroatoms. The van der Waals surface area contributed by atoms with Crippen LogP contribution in [0, 0.1) is 0 Å². The Morgan fingerprint density at radius 3 is 2.79 bits per heavy atom. The maximum atomic E-state index is 5.76. The molecular formula is C11H15N7O. The largest absolute Gasteiger partial charge is 0.460 e. The molecule has 0 saturated heterocycles. The molecule has 3 rings (SSSR count). The minimum atomic E-state index is 0.184. The molecule has 0 aromatic carbocycles. The van der Waals surface area contributed by atoms with Crippen LogP contribution in [0.15, 0.2) is 18.7 Å². The number of anilines is 1. The maximum Gasteiger partial charge on any atom is 0.323 e. The first-order chi connectivity index (χ1) is 9.35. The van der Waals surface area contributed by atoms with Crippen LogP contribution in [0.1, 0.15) is 25.7 Å². The van der Waals surface area contributed by atoms with Crippen LogP contribution in [-0.4, -0.2) is 30.6 Å². The third-order valence-electron chi connectivity index (χ3n) is 3.04. The van der Waals surface area contributed by atoms with Gasteiger partial charge < -0.3 is 4.74 Å². The van der Waals surface area contributed by atoms with Crippen LogP contribution in [0.25, 0.3) is 5.95 Å². The van der Waals surface area contributed by atoms with Crippen molar-refractivity contribution >= 4 is 5.95 Å². The SMILES string of the molecule is NNc1nc(OC2CCCC2)nc(-n2ccnc2)n1. The van der Waals surface area contributed by atoms with Crippen molar-refractivity contribution in [2.45, 2.75) is 31.8 Å². The maximum absolute atomic E-state index is 5.76. The van der Waals surface area contributed by atoms with E-state index >= 15 is 0 Å². The molecule has 100 valence electrons. The van der Waals surface area contributed by atoms with Gasteiger partial charge in [-0.2, -0.15) is 15.0 Å². The van der Waals surface area contributed by atoms with Crippen molar-refractivity contribution in [3.8, 4) is 12.0 Å². The Morgan fingerprint density at radius 1 is 1.26 bits per heavy atom. The summed E-state index contributed by atoms with van der Waals surface area (Å²) in [5, 5.41) is 0. The number of ether oxygens (including phenoxy) is 1. The lowest BCUT2D eigenvalue weighted by Gasteiger charge is -2.12. The topological polar surface area (TPSA) is 104 Å². The molecule has 2 aromatic rings. The second-order valence-electron chi connectivity index (χ2n) is 4.38. The van der Waals surface area contributed by atoms with Crippen LogP contribution >= 0.6 is 0 Å². The number of hydrazine groups is 1. The van der Waals surface area contributed by atoms with Gasteiger partial charge >= 0.3 is 6.01 Å². The van der Waals surface area contributed by atoms with Gasteiger partial charge in [-0.05, 0) is 25.7 Å². The monoisotopic (exact) mass is 261 g/mol. The smallest absolute Gasteiger partial charge is 0.323 e. The van der Waals surface area contributed by atoms with Gasteiger partial charge in [0.15, 0.2) is 0 Å². The van der Waals surface area contributed by atoms with Gasteiger partial charge in [-0.25, -0.2) is 10.8 Å². The zero-order valence-electron chi connectivity index (χ0n) is 10.4. The zero-order chi connectivity index (χ0) is 13.1. The Labute approximate surface area is 110 Å². The van der Waals surface area contributed by atoms with Gasteiger partial charge in [-0.15, -0.1) is 0 Å². The Morgan fingerprint density at radius 2 is 2.11 bits per heavy atom. The van der Waals surface area contributed by atoms with Crippen LogP contribution in [0.2, 0.25) is 0 Å². The van der Waals surface area contributed by atoms with Crippen LogP contribution in [0.5, 0.6) is 6.01 Å². The second-order valence-corrected chi connectivity index (χ2v) is 4.38. The summed E-state index contributed by atoms with van der Waals surface area (Å²) in [6.45, 7) is 0. The van der Waals surface area contributed by atoms with Crippen LogP contribution in [-0.2, 0) is 0 Å². The third-order valence-corrected chi connectivity index (χ3v) is 3.04. The Kier molecular flexibility index (Phi) is 3.23. The van der Waals surface area contributed by atoms with Gasteiger partial charge in [0.25, 0.3) is 0 Å². The summed E-state index contributed by atoms with van der Waals surface area (Å²) in [7, 11) is 0. The summed E-state index contributed by atoms with van der Waals surface area (Å²) in [6.07, 6.45) is 9.64. The van der Waals surface area contributed by atoms with Crippen LogP contribution < -0.4 is 16.0 Å². The number of aromatic nitrogens is 5. The molecule has 0 atom stereocenters. The number of rotatable bonds is 4. The Bertz CT molecular complexity index is 536. The highest BCUT2D eigenvalue weighted by Gasteiger charge is 2.19. The number of hydrogen-bond acceptors (Lipinski definition) is 7. The van der Waals surface area contributed by atoms with E-state index in [2.05, 4.69) is 25.4 Å². The van der Waals surface area contributed by atoms with Crippen molar-refractivity contribution in [2.24, 2.45) is 5.84 Å². The highest BCUT2D eigenvalue weighted by Crippen LogP contribution is 2.22. The number of nitrogens with zero attached hydrogens (tertiary/aromatic N) is 5. The number of nitrogens with two attached hydrogens (primary N) is 1.